The van der Waals surface area contributed by atoms with E-state index in [0.29, 0.717) is 13.0 Å². The van der Waals surface area contributed by atoms with E-state index < -0.39 is 0 Å². The molecule has 0 saturated carbocycles. The summed E-state index contributed by atoms with van der Waals surface area (Å²) >= 11 is 1.64. The summed E-state index contributed by atoms with van der Waals surface area (Å²) < 4.78 is 4.85. The third-order valence-electron chi connectivity index (χ3n) is 2.11. The van der Waals surface area contributed by atoms with Crippen LogP contribution in [0.4, 0.5) is 0 Å². The van der Waals surface area contributed by atoms with Crippen LogP contribution in [0.5, 0.6) is 0 Å². The number of nitrogens with one attached hydrogen (secondary N) is 1. The zero-order chi connectivity index (χ0) is 11.1. The van der Waals surface area contributed by atoms with Crippen LogP contribution in [-0.4, -0.2) is 36.5 Å². The minimum Gasteiger partial charge on any atom is -0.391 e. The van der Waals surface area contributed by atoms with Crippen molar-refractivity contribution in [3.63, 3.8) is 0 Å². The fraction of sp³-hybridized carbons (Fsp3) is 0.700. The van der Waals surface area contributed by atoms with Crippen LogP contribution in [-0.2, 0) is 4.74 Å². The second kappa shape index (κ2) is 6.90. The molecule has 1 aromatic rings. The maximum absolute atomic E-state index is 9.41. The zero-order valence-corrected chi connectivity index (χ0v) is 9.96. The first-order valence-electron chi connectivity index (χ1n) is 5.03. The topological polar surface area (TPSA) is 54.4 Å². The number of ether oxygens (including phenoxy) is 1. The quantitative estimate of drug-likeness (QED) is 0.739. The Kier molecular flexibility index (Phi) is 5.78. The summed E-state index contributed by atoms with van der Waals surface area (Å²) in [5.74, 6) is 0. The monoisotopic (exact) mass is 230 g/mol. The van der Waals surface area contributed by atoms with E-state index in [0.717, 1.165) is 11.6 Å². The molecule has 2 unspecified atom stereocenters. The highest BCUT2D eigenvalue weighted by Crippen LogP contribution is 2.14. The van der Waals surface area contributed by atoms with Crippen LogP contribution >= 0.6 is 11.3 Å². The molecule has 0 aromatic carbocycles. The van der Waals surface area contributed by atoms with Gasteiger partial charge >= 0.3 is 0 Å². The molecular weight excluding hydrogens is 212 g/mol. The molecule has 0 aliphatic rings. The van der Waals surface area contributed by atoms with Crippen LogP contribution in [0.25, 0.3) is 0 Å². The van der Waals surface area contributed by atoms with Gasteiger partial charge in [-0.05, 0) is 19.9 Å². The van der Waals surface area contributed by atoms with Gasteiger partial charge in [0.05, 0.1) is 18.8 Å². The van der Waals surface area contributed by atoms with Gasteiger partial charge in [0.1, 0.15) is 5.01 Å². The fourth-order valence-electron chi connectivity index (χ4n) is 1.28. The van der Waals surface area contributed by atoms with Gasteiger partial charge in [-0.15, -0.1) is 11.3 Å². The number of rotatable bonds is 7. The van der Waals surface area contributed by atoms with E-state index in [1.807, 2.05) is 5.38 Å². The second-order valence-electron chi connectivity index (χ2n) is 3.44. The number of aromatic nitrogens is 1. The summed E-state index contributed by atoms with van der Waals surface area (Å²) in [6, 6.07) is 0.250. The molecular formula is C10H18N2O2S. The predicted octanol–water partition coefficient (Wildman–Crippen LogP) is 1.19. The SMILES string of the molecule is COCC(O)CCNC(C)c1nccs1. The van der Waals surface area contributed by atoms with Crippen molar-refractivity contribution < 1.29 is 9.84 Å². The lowest BCUT2D eigenvalue weighted by Crippen LogP contribution is -2.25. The molecule has 0 bridgehead atoms. The lowest BCUT2D eigenvalue weighted by molar-refractivity contribution is 0.0590. The van der Waals surface area contributed by atoms with Crippen molar-refractivity contribution in [1.82, 2.24) is 10.3 Å². The molecule has 0 radical (unpaired) electrons. The highest BCUT2D eigenvalue weighted by molar-refractivity contribution is 7.09. The minimum absolute atomic E-state index is 0.250. The summed E-state index contributed by atoms with van der Waals surface area (Å²) in [5.41, 5.74) is 0. The molecule has 0 saturated heterocycles. The van der Waals surface area contributed by atoms with E-state index in [1.165, 1.54) is 0 Å². The lowest BCUT2D eigenvalue weighted by Gasteiger charge is -2.13. The maximum atomic E-state index is 9.41. The van der Waals surface area contributed by atoms with Crippen molar-refractivity contribution in [3.05, 3.63) is 16.6 Å². The number of thiazole rings is 1. The Morgan fingerprint density at radius 3 is 3.07 bits per heavy atom. The number of nitrogens with zero attached hydrogens (tertiary/aromatic N) is 1. The number of hydrogen-bond acceptors (Lipinski definition) is 5. The van der Waals surface area contributed by atoms with Crippen molar-refractivity contribution in [2.45, 2.75) is 25.5 Å². The Hall–Kier alpha value is -0.490. The molecule has 1 aromatic heterocycles. The normalized spacial score (nSPS) is 15.1. The molecule has 1 heterocycles. The van der Waals surface area contributed by atoms with Gasteiger partial charge < -0.3 is 15.2 Å². The molecule has 2 N–H and O–H groups in total. The molecule has 0 aliphatic carbocycles. The molecule has 4 nitrogen and oxygen atoms in total. The van der Waals surface area contributed by atoms with Crippen LogP contribution in [0.15, 0.2) is 11.6 Å². The molecule has 2 atom stereocenters. The van der Waals surface area contributed by atoms with Gasteiger partial charge in [0.25, 0.3) is 0 Å². The maximum Gasteiger partial charge on any atom is 0.109 e. The van der Waals surface area contributed by atoms with E-state index in [1.54, 1.807) is 24.6 Å². The molecule has 15 heavy (non-hydrogen) atoms. The summed E-state index contributed by atoms with van der Waals surface area (Å²) in [5, 5.41) is 15.8. The average Bonchev–Trinajstić information content (AvgIpc) is 2.70. The Balaban J connectivity index is 2.15. The summed E-state index contributed by atoms with van der Waals surface area (Å²) in [6.45, 7) is 3.24. The molecule has 0 fully saturated rings. The summed E-state index contributed by atoms with van der Waals surface area (Å²) in [7, 11) is 1.59. The first-order valence-corrected chi connectivity index (χ1v) is 5.91. The molecule has 0 amide bonds. The number of methoxy groups -OCH3 is 1. The van der Waals surface area contributed by atoms with Gasteiger partial charge in [-0.25, -0.2) is 4.98 Å². The van der Waals surface area contributed by atoms with Gasteiger partial charge in [0, 0.05) is 18.7 Å². The van der Waals surface area contributed by atoms with Gasteiger partial charge in [-0.3, -0.25) is 0 Å². The van der Waals surface area contributed by atoms with Gasteiger partial charge in [-0.2, -0.15) is 0 Å². The van der Waals surface area contributed by atoms with E-state index in [4.69, 9.17) is 4.74 Å². The number of aliphatic hydroxyl groups excluding tert-OH is 1. The van der Waals surface area contributed by atoms with Crippen molar-refractivity contribution >= 4 is 11.3 Å². The predicted molar refractivity (Wildman–Crippen MR) is 61.0 cm³/mol. The smallest absolute Gasteiger partial charge is 0.109 e. The standard InChI is InChI=1S/C10H18N2O2S/c1-8(10-12-5-6-15-10)11-4-3-9(13)7-14-2/h5-6,8-9,11,13H,3-4,7H2,1-2H3. The van der Waals surface area contributed by atoms with Crippen LogP contribution in [0.3, 0.4) is 0 Å². The van der Waals surface area contributed by atoms with Crippen LogP contribution in [0.1, 0.15) is 24.4 Å². The van der Waals surface area contributed by atoms with E-state index in [-0.39, 0.29) is 12.1 Å². The zero-order valence-electron chi connectivity index (χ0n) is 9.14. The Bertz CT molecular complexity index is 254. The average molecular weight is 230 g/mol. The summed E-state index contributed by atoms with van der Waals surface area (Å²) in [4.78, 5) is 4.22. The van der Waals surface area contributed by atoms with Crippen molar-refractivity contribution in [3.8, 4) is 0 Å². The number of aliphatic hydroxyl groups is 1. The Morgan fingerprint density at radius 2 is 2.47 bits per heavy atom. The minimum atomic E-state index is -0.383. The van der Waals surface area contributed by atoms with E-state index in [2.05, 4.69) is 17.2 Å². The fourth-order valence-corrected chi connectivity index (χ4v) is 1.95. The van der Waals surface area contributed by atoms with E-state index >= 15 is 0 Å². The third-order valence-corrected chi connectivity index (χ3v) is 3.07. The first kappa shape index (κ1) is 12.6. The van der Waals surface area contributed by atoms with Gasteiger partial charge in [-0.1, -0.05) is 0 Å². The van der Waals surface area contributed by atoms with Crippen molar-refractivity contribution in [2.75, 3.05) is 20.3 Å². The Morgan fingerprint density at radius 1 is 1.67 bits per heavy atom. The van der Waals surface area contributed by atoms with Crippen molar-refractivity contribution in [2.24, 2.45) is 0 Å². The molecule has 0 spiro atoms. The first-order chi connectivity index (χ1) is 7.24. The summed E-state index contributed by atoms with van der Waals surface area (Å²) in [6.07, 6.45) is 2.12. The molecule has 86 valence electrons. The van der Waals surface area contributed by atoms with Crippen molar-refractivity contribution in [1.29, 1.82) is 0 Å². The van der Waals surface area contributed by atoms with Crippen LogP contribution in [0, 0.1) is 0 Å². The Labute approximate surface area is 94.3 Å². The highest BCUT2D eigenvalue weighted by Gasteiger charge is 2.08. The molecule has 5 heteroatoms. The largest absolute Gasteiger partial charge is 0.391 e. The molecule has 1 rings (SSSR count). The van der Waals surface area contributed by atoms with E-state index in [9.17, 15) is 5.11 Å². The lowest BCUT2D eigenvalue weighted by atomic mass is 10.2. The van der Waals surface area contributed by atoms with Crippen LogP contribution < -0.4 is 5.32 Å². The second-order valence-corrected chi connectivity index (χ2v) is 4.37. The van der Waals surface area contributed by atoms with Gasteiger partial charge in [0.15, 0.2) is 0 Å². The van der Waals surface area contributed by atoms with Crippen LogP contribution in [0.2, 0.25) is 0 Å². The van der Waals surface area contributed by atoms with Gasteiger partial charge in [0.2, 0.25) is 0 Å². The third kappa shape index (κ3) is 4.70. The highest BCUT2D eigenvalue weighted by atomic mass is 32.1. The molecule has 0 aliphatic heterocycles. The number of hydrogen-bond donors (Lipinski definition) is 2.